The number of nitrogens with zero attached hydrogens (tertiary/aromatic N) is 5. The van der Waals surface area contributed by atoms with Crippen molar-refractivity contribution in [2.24, 2.45) is 0 Å². The second-order valence-corrected chi connectivity index (χ2v) is 9.92. The number of piperazine rings is 1. The summed E-state index contributed by atoms with van der Waals surface area (Å²) in [4.78, 5) is 13.9. The Morgan fingerprint density at radius 2 is 1.57 bits per heavy atom. The zero-order chi connectivity index (χ0) is 21.3. The molecule has 0 unspecified atom stereocenters. The first-order chi connectivity index (χ1) is 14.3. The van der Waals surface area contributed by atoms with Crippen LogP contribution >= 0.6 is 0 Å². The highest BCUT2D eigenvalue weighted by molar-refractivity contribution is 7.89. The number of hydrogen-bond acceptors (Lipinski definition) is 6. The Morgan fingerprint density at radius 1 is 0.867 bits per heavy atom. The Kier molecular flexibility index (Phi) is 5.92. The van der Waals surface area contributed by atoms with E-state index in [1.165, 1.54) is 41.8 Å². The van der Waals surface area contributed by atoms with Gasteiger partial charge in [-0.15, -0.1) is 0 Å². The molecule has 0 bridgehead atoms. The fourth-order valence-electron chi connectivity index (χ4n) is 4.13. The highest BCUT2D eigenvalue weighted by Crippen LogP contribution is 2.25. The van der Waals surface area contributed by atoms with Gasteiger partial charge in [-0.25, -0.2) is 17.8 Å². The van der Waals surface area contributed by atoms with Gasteiger partial charge < -0.3 is 9.80 Å². The van der Waals surface area contributed by atoms with Crippen molar-refractivity contribution in [1.29, 1.82) is 0 Å². The third-order valence-electron chi connectivity index (χ3n) is 5.79. The summed E-state index contributed by atoms with van der Waals surface area (Å²) in [5, 5.41) is 0. The molecule has 7 nitrogen and oxygen atoms in total. The molecule has 0 amide bonds. The molecular weight excluding hydrogens is 405 g/mol. The molecule has 1 aromatic carbocycles. The SMILES string of the molecule is Cc1cc(N2CCCCC2)nc(N2CCN(S(=O)(=O)c3ccc(F)cc3C)CC2)n1. The summed E-state index contributed by atoms with van der Waals surface area (Å²) in [6, 6.07) is 5.82. The lowest BCUT2D eigenvalue weighted by molar-refractivity contribution is 0.382. The smallest absolute Gasteiger partial charge is 0.243 e. The van der Waals surface area contributed by atoms with Gasteiger partial charge in [0.05, 0.1) is 4.90 Å². The number of aromatic nitrogens is 2. The summed E-state index contributed by atoms with van der Waals surface area (Å²) >= 11 is 0. The monoisotopic (exact) mass is 433 g/mol. The summed E-state index contributed by atoms with van der Waals surface area (Å²) in [5.41, 5.74) is 1.34. The van der Waals surface area contributed by atoms with Crippen molar-refractivity contribution in [3.8, 4) is 0 Å². The van der Waals surface area contributed by atoms with Gasteiger partial charge >= 0.3 is 0 Å². The minimum absolute atomic E-state index is 0.163. The summed E-state index contributed by atoms with van der Waals surface area (Å²) < 4.78 is 40.9. The van der Waals surface area contributed by atoms with Crippen LogP contribution < -0.4 is 9.80 Å². The van der Waals surface area contributed by atoms with Crippen molar-refractivity contribution >= 4 is 21.8 Å². The normalized spacial score (nSPS) is 18.6. The molecule has 4 rings (SSSR count). The van der Waals surface area contributed by atoms with E-state index in [0.717, 1.165) is 24.6 Å². The van der Waals surface area contributed by atoms with Crippen molar-refractivity contribution in [3.05, 3.63) is 41.3 Å². The van der Waals surface area contributed by atoms with Crippen LogP contribution in [0, 0.1) is 19.7 Å². The fourth-order valence-corrected chi connectivity index (χ4v) is 5.76. The van der Waals surface area contributed by atoms with Crippen LogP contribution in [0.3, 0.4) is 0 Å². The van der Waals surface area contributed by atoms with Gasteiger partial charge in [-0.3, -0.25) is 0 Å². The van der Waals surface area contributed by atoms with Crippen molar-refractivity contribution in [2.45, 2.75) is 38.0 Å². The minimum atomic E-state index is -3.66. The number of aryl methyl sites for hydroxylation is 2. The van der Waals surface area contributed by atoms with Crippen LogP contribution in [0.1, 0.15) is 30.5 Å². The number of sulfonamides is 1. The summed E-state index contributed by atoms with van der Waals surface area (Å²) in [6.07, 6.45) is 3.62. The predicted molar refractivity (Wildman–Crippen MR) is 115 cm³/mol. The Balaban J connectivity index is 1.48. The summed E-state index contributed by atoms with van der Waals surface area (Å²) in [7, 11) is -3.66. The topological polar surface area (TPSA) is 69.6 Å². The second kappa shape index (κ2) is 8.47. The number of hydrogen-bond donors (Lipinski definition) is 0. The van der Waals surface area contributed by atoms with Crippen LogP contribution in [-0.2, 0) is 10.0 Å². The zero-order valence-corrected chi connectivity index (χ0v) is 18.3. The van der Waals surface area contributed by atoms with E-state index >= 15 is 0 Å². The van der Waals surface area contributed by atoms with Crippen molar-refractivity contribution < 1.29 is 12.8 Å². The van der Waals surface area contributed by atoms with Gasteiger partial charge in [-0.05, 0) is 56.9 Å². The first kappa shape index (κ1) is 21.0. The first-order valence-corrected chi connectivity index (χ1v) is 11.9. The van der Waals surface area contributed by atoms with E-state index in [2.05, 4.69) is 9.88 Å². The first-order valence-electron chi connectivity index (χ1n) is 10.5. The van der Waals surface area contributed by atoms with Crippen molar-refractivity contribution in [3.63, 3.8) is 0 Å². The highest BCUT2D eigenvalue weighted by atomic mass is 32.2. The molecule has 2 saturated heterocycles. The van der Waals surface area contributed by atoms with E-state index in [1.807, 2.05) is 17.9 Å². The molecule has 162 valence electrons. The molecule has 1 aromatic heterocycles. The maximum atomic E-state index is 13.4. The zero-order valence-electron chi connectivity index (χ0n) is 17.5. The highest BCUT2D eigenvalue weighted by Gasteiger charge is 2.30. The molecule has 0 aliphatic carbocycles. The van der Waals surface area contributed by atoms with Gasteiger partial charge in [0, 0.05) is 51.0 Å². The molecule has 0 atom stereocenters. The van der Waals surface area contributed by atoms with Gasteiger partial charge in [0.1, 0.15) is 11.6 Å². The minimum Gasteiger partial charge on any atom is -0.356 e. The number of benzene rings is 1. The third-order valence-corrected chi connectivity index (χ3v) is 7.84. The molecule has 3 heterocycles. The summed E-state index contributed by atoms with van der Waals surface area (Å²) in [6.45, 7) is 7.33. The second-order valence-electron chi connectivity index (χ2n) is 8.02. The fraction of sp³-hybridized carbons (Fsp3) is 0.524. The quantitative estimate of drug-likeness (QED) is 0.739. The van der Waals surface area contributed by atoms with E-state index in [1.54, 1.807) is 6.92 Å². The van der Waals surface area contributed by atoms with Crippen LogP contribution in [-0.4, -0.2) is 62.0 Å². The van der Waals surface area contributed by atoms with Gasteiger partial charge in [0.25, 0.3) is 0 Å². The molecule has 2 fully saturated rings. The number of piperidine rings is 1. The Morgan fingerprint density at radius 3 is 2.23 bits per heavy atom. The Hall–Kier alpha value is -2.26. The molecular formula is C21H28FN5O2S. The lowest BCUT2D eigenvalue weighted by Crippen LogP contribution is -2.49. The average molecular weight is 434 g/mol. The van der Waals surface area contributed by atoms with Crippen molar-refractivity contribution in [1.82, 2.24) is 14.3 Å². The molecule has 2 aromatic rings. The lowest BCUT2D eigenvalue weighted by Gasteiger charge is -2.35. The molecule has 0 N–H and O–H groups in total. The number of halogens is 1. The molecule has 0 radical (unpaired) electrons. The number of anilines is 2. The molecule has 9 heteroatoms. The summed E-state index contributed by atoms with van der Waals surface area (Å²) in [5.74, 6) is 1.18. The van der Waals surface area contributed by atoms with Crippen LogP contribution in [0.5, 0.6) is 0 Å². The maximum Gasteiger partial charge on any atom is 0.243 e. The van der Waals surface area contributed by atoms with E-state index in [4.69, 9.17) is 4.98 Å². The molecule has 2 aliphatic heterocycles. The largest absolute Gasteiger partial charge is 0.356 e. The van der Waals surface area contributed by atoms with Gasteiger partial charge in [-0.2, -0.15) is 9.29 Å². The van der Waals surface area contributed by atoms with E-state index in [9.17, 15) is 12.8 Å². The number of rotatable bonds is 4. The lowest BCUT2D eigenvalue weighted by atomic mass is 10.1. The van der Waals surface area contributed by atoms with E-state index in [0.29, 0.717) is 37.7 Å². The van der Waals surface area contributed by atoms with Crippen LogP contribution in [0.15, 0.2) is 29.2 Å². The van der Waals surface area contributed by atoms with E-state index < -0.39 is 15.8 Å². The van der Waals surface area contributed by atoms with E-state index in [-0.39, 0.29) is 4.90 Å². The molecule has 2 aliphatic rings. The predicted octanol–water partition coefficient (Wildman–Crippen LogP) is 2.73. The van der Waals surface area contributed by atoms with Gasteiger partial charge in [-0.1, -0.05) is 0 Å². The molecule has 30 heavy (non-hydrogen) atoms. The average Bonchev–Trinajstić information content (AvgIpc) is 2.74. The Bertz CT molecular complexity index is 1020. The maximum absolute atomic E-state index is 13.4. The van der Waals surface area contributed by atoms with Crippen LogP contribution in [0.4, 0.5) is 16.2 Å². The standard InChI is InChI=1S/C21H28FN5O2S/c1-16-14-18(22)6-7-19(16)30(28,29)27-12-10-26(11-13-27)21-23-17(2)15-20(24-21)25-8-4-3-5-9-25/h6-7,14-15H,3-5,8-13H2,1-2H3. The van der Waals surface area contributed by atoms with Gasteiger partial charge in [0.2, 0.25) is 16.0 Å². The third kappa shape index (κ3) is 4.27. The molecule has 0 spiro atoms. The van der Waals surface area contributed by atoms with Crippen molar-refractivity contribution in [2.75, 3.05) is 49.1 Å². The van der Waals surface area contributed by atoms with Crippen LogP contribution in [0.2, 0.25) is 0 Å². The molecule has 0 saturated carbocycles. The van der Waals surface area contributed by atoms with Crippen LogP contribution in [0.25, 0.3) is 0 Å². The van der Waals surface area contributed by atoms with Gasteiger partial charge in [0.15, 0.2) is 0 Å². The Labute approximate surface area is 177 Å².